The SMILES string of the molecule is CC1(C)c2ccccc2N(c2cc(-c3cc(-c4ccccn4)nc(-c4cccnc4)n3)ccc2-c2ccc(-c3cc(-c4cccnc4)nc(-c4ccccn4)n3)cc2N2c3ccccc3C(C)(C)c3ccccc32)c2ccccc21. The van der Waals surface area contributed by atoms with E-state index in [0.29, 0.717) is 23.0 Å². The molecule has 6 aromatic heterocycles. The summed E-state index contributed by atoms with van der Waals surface area (Å²) in [5, 5.41) is 0. The number of aromatic nitrogens is 8. The lowest BCUT2D eigenvalue weighted by Crippen LogP contribution is -2.31. The molecule has 12 aromatic rings. The molecule has 2 aliphatic heterocycles. The van der Waals surface area contributed by atoms with Crippen LogP contribution in [0.15, 0.2) is 243 Å². The molecular formula is C70H52N10. The van der Waals surface area contributed by atoms with Crippen molar-refractivity contribution in [2.45, 2.75) is 38.5 Å². The van der Waals surface area contributed by atoms with Gasteiger partial charge in [-0.1, -0.05) is 137 Å². The Balaban J connectivity index is 1.07. The van der Waals surface area contributed by atoms with Crippen LogP contribution in [0.25, 0.3) is 79.2 Å². The lowest BCUT2D eigenvalue weighted by atomic mass is 9.73. The molecule has 0 saturated carbocycles. The number of para-hydroxylation sites is 4. The first-order chi connectivity index (χ1) is 39.2. The standard InChI is InChI=1S/C70H52N10/c1-69(2)51-21-5-9-27-61(51)79(62-28-10-6-22-52(62)69)65-39-45(57-41-59(47-19-17-35-71-43-47)77-68(76-57)56-26-14-16-38-74-56)31-33-49(65)50-34-32-46(58-42-60(55-25-13-15-37-73-55)78-67(75-58)48-20-18-36-72-44-48)40-66(50)80-63-29-11-7-23-53(63)70(3,4)54-24-8-12-30-64(54)80/h5-44H,1-4H3. The van der Waals surface area contributed by atoms with Crippen LogP contribution in [-0.2, 0) is 10.8 Å². The second kappa shape index (κ2) is 19.3. The summed E-state index contributed by atoms with van der Waals surface area (Å²) in [6.07, 6.45) is 10.8. The highest BCUT2D eigenvalue weighted by molar-refractivity contribution is 6.01. The molecule has 0 unspecified atom stereocenters. The van der Waals surface area contributed by atoms with E-state index in [9.17, 15) is 0 Å². The zero-order valence-corrected chi connectivity index (χ0v) is 44.6. The summed E-state index contributed by atoms with van der Waals surface area (Å²) in [6, 6.07) is 72.6. The highest BCUT2D eigenvalue weighted by atomic mass is 15.2. The maximum absolute atomic E-state index is 5.33. The van der Waals surface area contributed by atoms with E-state index in [1.54, 1.807) is 24.8 Å². The maximum atomic E-state index is 5.33. The Hall–Kier alpha value is -10.3. The van der Waals surface area contributed by atoms with Crippen LogP contribution >= 0.6 is 0 Å². The molecular weight excluding hydrogens is 981 g/mol. The average molecular weight is 1030 g/mol. The van der Waals surface area contributed by atoms with E-state index in [0.717, 1.165) is 90.3 Å². The van der Waals surface area contributed by atoms with E-state index >= 15 is 0 Å². The first kappa shape index (κ1) is 48.1. The van der Waals surface area contributed by atoms with Gasteiger partial charge in [-0.3, -0.25) is 19.9 Å². The lowest BCUT2D eigenvalue weighted by Gasteiger charge is -2.44. The van der Waals surface area contributed by atoms with Crippen molar-refractivity contribution in [1.82, 2.24) is 39.9 Å². The number of pyridine rings is 4. The molecule has 0 atom stereocenters. The van der Waals surface area contributed by atoms with Gasteiger partial charge < -0.3 is 9.80 Å². The predicted molar refractivity (Wildman–Crippen MR) is 320 cm³/mol. The van der Waals surface area contributed by atoms with Crippen LogP contribution in [0.4, 0.5) is 34.1 Å². The summed E-state index contributed by atoms with van der Waals surface area (Å²) in [6.45, 7) is 9.31. The number of hydrogen-bond donors (Lipinski definition) is 0. The van der Waals surface area contributed by atoms with Crippen LogP contribution in [-0.4, -0.2) is 39.9 Å². The van der Waals surface area contributed by atoms with Gasteiger partial charge in [-0.15, -0.1) is 0 Å². The Morgan fingerprint density at radius 1 is 0.287 bits per heavy atom. The lowest BCUT2D eigenvalue weighted by molar-refractivity contribution is 0.631. The fourth-order valence-corrected chi connectivity index (χ4v) is 11.8. The van der Waals surface area contributed by atoms with Crippen molar-refractivity contribution < 1.29 is 0 Å². The van der Waals surface area contributed by atoms with E-state index in [1.165, 1.54) is 22.3 Å². The summed E-state index contributed by atoms with van der Waals surface area (Å²) >= 11 is 0. The van der Waals surface area contributed by atoms with Crippen molar-refractivity contribution in [3.05, 3.63) is 266 Å². The third kappa shape index (κ3) is 8.19. The topological polar surface area (TPSA) is 110 Å². The third-order valence-electron chi connectivity index (χ3n) is 15.8. The number of rotatable bonds is 9. The van der Waals surface area contributed by atoms with Crippen LogP contribution in [0.3, 0.4) is 0 Å². The first-order valence-electron chi connectivity index (χ1n) is 26.9. The molecule has 0 aliphatic carbocycles. The normalized spacial score (nSPS) is 13.7. The van der Waals surface area contributed by atoms with E-state index in [4.69, 9.17) is 29.9 Å². The van der Waals surface area contributed by atoms with Gasteiger partial charge in [-0.2, -0.15) is 0 Å². The fourth-order valence-electron chi connectivity index (χ4n) is 11.8. The zero-order chi connectivity index (χ0) is 54.0. The number of anilines is 6. The largest absolute Gasteiger partial charge is 0.309 e. The zero-order valence-electron chi connectivity index (χ0n) is 44.6. The van der Waals surface area contributed by atoms with Crippen LogP contribution in [0.5, 0.6) is 0 Å². The molecule has 2 aliphatic rings. The molecule has 0 bridgehead atoms. The third-order valence-corrected chi connectivity index (χ3v) is 15.8. The van der Waals surface area contributed by atoms with Crippen molar-refractivity contribution in [2.75, 3.05) is 9.80 Å². The smallest absolute Gasteiger partial charge is 0.179 e. The minimum Gasteiger partial charge on any atom is -0.309 e. The van der Waals surface area contributed by atoms with Crippen molar-refractivity contribution in [1.29, 1.82) is 0 Å². The summed E-state index contributed by atoms with van der Waals surface area (Å²) < 4.78 is 0. The Bertz CT molecular complexity index is 3820. The molecule has 6 aromatic carbocycles. The number of hydrogen-bond acceptors (Lipinski definition) is 10. The Kier molecular flexibility index (Phi) is 11.6. The minimum absolute atomic E-state index is 0.300. The van der Waals surface area contributed by atoms with Gasteiger partial charge in [-0.25, -0.2) is 19.9 Å². The van der Waals surface area contributed by atoms with E-state index in [2.05, 4.69) is 187 Å². The van der Waals surface area contributed by atoms with Crippen LogP contribution in [0.2, 0.25) is 0 Å². The summed E-state index contributed by atoms with van der Waals surface area (Å²) in [5.74, 6) is 1.08. The second-order valence-electron chi connectivity index (χ2n) is 21.3. The average Bonchev–Trinajstić information content (AvgIpc) is 3.10. The predicted octanol–water partition coefficient (Wildman–Crippen LogP) is 16.7. The van der Waals surface area contributed by atoms with Crippen LogP contribution in [0.1, 0.15) is 49.9 Å². The highest BCUT2D eigenvalue weighted by Crippen LogP contribution is 2.57. The summed E-state index contributed by atoms with van der Waals surface area (Å²) in [4.78, 5) is 44.2. The van der Waals surface area contributed by atoms with E-state index in [-0.39, 0.29) is 10.8 Å². The van der Waals surface area contributed by atoms with Crippen molar-refractivity contribution in [3.63, 3.8) is 0 Å². The Morgan fingerprint density at radius 2 is 0.688 bits per heavy atom. The van der Waals surface area contributed by atoms with Gasteiger partial charge >= 0.3 is 0 Å². The number of benzene rings is 6. The van der Waals surface area contributed by atoms with Crippen molar-refractivity contribution in [3.8, 4) is 79.2 Å². The van der Waals surface area contributed by atoms with Gasteiger partial charge in [0.05, 0.1) is 62.6 Å². The van der Waals surface area contributed by atoms with Gasteiger partial charge in [0.25, 0.3) is 0 Å². The van der Waals surface area contributed by atoms with Gasteiger partial charge in [0.1, 0.15) is 5.69 Å². The Labute approximate surface area is 465 Å². The molecule has 10 nitrogen and oxygen atoms in total. The molecule has 0 N–H and O–H groups in total. The Morgan fingerprint density at radius 3 is 1.14 bits per heavy atom. The summed E-state index contributed by atoms with van der Waals surface area (Å²) in [5.41, 5.74) is 20.6. The van der Waals surface area contributed by atoms with E-state index < -0.39 is 0 Å². The molecule has 0 amide bonds. The molecule has 0 spiro atoms. The fraction of sp³-hybridized carbons (Fsp3) is 0.0857. The molecule has 14 rings (SSSR count). The maximum Gasteiger partial charge on any atom is 0.179 e. The number of fused-ring (bicyclic) bond motifs is 4. The van der Waals surface area contributed by atoms with Crippen molar-refractivity contribution in [2.24, 2.45) is 0 Å². The molecule has 8 heterocycles. The van der Waals surface area contributed by atoms with Crippen molar-refractivity contribution >= 4 is 34.1 Å². The molecule has 382 valence electrons. The van der Waals surface area contributed by atoms with Gasteiger partial charge in [0.2, 0.25) is 0 Å². The summed E-state index contributed by atoms with van der Waals surface area (Å²) in [7, 11) is 0. The first-order valence-corrected chi connectivity index (χ1v) is 26.9. The monoisotopic (exact) mass is 1030 g/mol. The quantitative estimate of drug-likeness (QED) is 0.139. The molecule has 0 fully saturated rings. The minimum atomic E-state index is -0.300. The second-order valence-corrected chi connectivity index (χ2v) is 21.3. The van der Waals surface area contributed by atoms with Crippen LogP contribution < -0.4 is 9.80 Å². The number of nitrogens with zero attached hydrogens (tertiary/aromatic N) is 10. The molecule has 80 heavy (non-hydrogen) atoms. The van der Waals surface area contributed by atoms with Gasteiger partial charge in [-0.05, 0) is 119 Å². The molecule has 0 radical (unpaired) electrons. The highest BCUT2D eigenvalue weighted by Gasteiger charge is 2.40. The van der Waals surface area contributed by atoms with E-state index in [1.807, 2.05) is 79.1 Å². The molecule has 10 heteroatoms. The van der Waals surface area contributed by atoms with Crippen LogP contribution in [0, 0.1) is 0 Å². The van der Waals surface area contributed by atoms with Gasteiger partial charge in [0.15, 0.2) is 11.6 Å². The van der Waals surface area contributed by atoms with Gasteiger partial charge in [0, 0.05) is 81.4 Å². The molecule has 0 saturated heterocycles.